The Labute approximate surface area is 138 Å². The molecule has 122 valence electrons. The van der Waals surface area contributed by atoms with Crippen LogP contribution in [-0.4, -0.2) is 22.8 Å². The summed E-state index contributed by atoms with van der Waals surface area (Å²) in [6.45, 7) is 0. The molecule has 1 fully saturated rings. The molecule has 4 heteroatoms. The zero-order valence-corrected chi connectivity index (χ0v) is 14.7. The molecule has 0 atom stereocenters. The molecule has 0 unspecified atom stereocenters. The van der Waals surface area contributed by atoms with Crippen LogP contribution in [0.3, 0.4) is 0 Å². The maximum absolute atomic E-state index is 12.5. The molecular formula is C18H28N2OS. The lowest BCUT2D eigenvalue weighted by Gasteiger charge is -2.23. The van der Waals surface area contributed by atoms with E-state index in [4.69, 9.17) is 0 Å². The molecule has 1 N–H and O–H groups in total. The second-order valence-electron chi connectivity index (χ2n) is 6.75. The molecule has 22 heavy (non-hydrogen) atoms. The number of amides is 1. The number of rotatable bonds is 4. The minimum absolute atomic E-state index is 0.208. The van der Waals surface area contributed by atoms with Crippen LogP contribution in [-0.2, 0) is 31.1 Å². The summed E-state index contributed by atoms with van der Waals surface area (Å²) in [6.07, 6.45) is 13.8. The van der Waals surface area contributed by atoms with Crippen molar-refractivity contribution in [2.75, 3.05) is 6.26 Å². The van der Waals surface area contributed by atoms with Crippen LogP contribution in [0.15, 0.2) is 4.90 Å². The normalized spacial score (nSPS) is 19.0. The number of hydrogen-bond donors (Lipinski definition) is 1. The average molecular weight is 321 g/mol. The van der Waals surface area contributed by atoms with Crippen LogP contribution in [0.4, 0.5) is 0 Å². The fourth-order valence-electron chi connectivity index (χ4n) is 4.11. The largest absolute Gasteiger partial charge is 0.353 e. The lowest BCUT2D eigenvalue weighted by Crippen LogP contribution is -2.37. The number of nitrogens with zero attached hydrogens (tertiary/aromatic N) is 1. The molecule has 0 aromatic carbocycles. The molecule has 1 aromatic rings. The Bertz CT molecular complexity index is 544. The van der Waals surface area contributed by atoms with Gasteiger partial charge in [0.2, 0.25) is 5.91 Å². The highest BCUT2D eigenvalue weighted by Gasteiger charge is 2.24. The van der Waals surface area contributed by atoms with Crippen molar-refractivity contribution in [1.29, 1.82) is 0 Å². The summed E-state index contributed by atoms with van der Waals surface area (Å²) in [4.78, 5) is 13.9. The summed E-state index contributed by atoms with van der Waals surface area (Å²) < 4.78 is 2.31. The van der Waals surface area contributed by atoms with Gasteiger partial charge in [-0.1, -0.05) is 19.3 Å². The smallest absolute Gasteiger partial charge is 0.226 e. The van der Waals surface area contributed by atoms with Gasteiger partial charge in [-0.2, -0.15) is 0 Å². The highest BCUT2D eigenvalue weighted by molar-refractivity contribution is 7.98. The van der Waals surface area contributed by atoms with Crippen molar-refractivity contribution in [3.8, 4) is 0 Å². The number of nitrogens with one attached hydrogen (secondary N) is 1. The van der Waals surface area contributed by atoms with Crippen LogP contribution in [0.2, 0.25) is 0 Å². The number of hydrogen-bond acceptors (Lipinski definition) is 2. The molecule has 2 aliphatic carbocycles. The number of thioether (sulfide) groups is 1. The Balaban J connectivity index is 1.73. The van der Waals surface area contributed by atoms with Gasteiger partial charge in [0.05, 0.1) is 6.42 Å². The van der Waals surface area contributed by atoms with Crippen molar-refractivity contribution >= 4 is 17.7 Å². The minimum atomic E-state index is 0.208. The van der Waals surface area contributed by atoms with Gasteiger partial charge in [-0.15, -0.1) is 11.8 Å². The van der Waals surface area contributed by atoms with E-state index >= 15 is 0 Å². The molecule has 3 rings (SSSR count). The Hall–Kier alpha value is -0.900. The highest BCUT2D eigenvalue weighted by Crippen LogP contribution is 2.35. The van der Waals surface area contributed by atoms with E-state index in [1.54, 1.807) is 0 Å². The molecule has 1 heterocycles. The minimum Gasteiger partial charge on any atom is -0.353 e. The molecule has 2 aliphatic rings. The third-order valence-corrected chi connectivity index (χ3v) is 6.18. The Morgan fingerprint density at radius 2 is 1.91 bits per heavy atom. The summed E-state index contributed by atoms with van der Waals surface area (Å²) in [5.74, 6) is 0.208. The van der Waals surface area contributed by atoms with Crippen LogP contribution in [0.25, 0.3) is 0 Å². The fourth-order valence-corrected chi connectivity index (χ4v) is 5.02. The number of fused-ring (bicyclic) bond motifs is 1. The van der Waals surface area contributed by atoms with Gasteiger partial charge in [-0.25, -0.2) is 0 Å². The maximum atomic E-state index is 12.5. The molecular weight excluding hydrogens is 292 g/mol. The summed E-state index contributed by atoms with van der Waals surface area (Å²) in [5.41, 5.74) is 4.21. The summed E-state index contributed by atoms with van der Waals surface area (Å²) in [5, 5.41) is 3.26. The average Bonchev–Trinajstić information content (AvgIpc) is 2.81. The lowest BCUT2D eigenvalue weighted by atomic mass is 9.95. The molecule has 3 nitrogen and oxygen atoms in total. The number of aromatic nitrogens is 1. The molecule has 0 aliphatic heterocycles. The van der Waals surface area contributed by atoms with E-state index < -0.39 is 0 Å². The summed E-state index contributed by atoms with van der Waals surface area (Å²) in [7, 11) is 2.15. The van der Waals surface area contributed by atoms with E-state index in [0.717, 1.165) is 12.8 Å². The summed E-state index contributed by atoms with van der Waals surface area (Å²) >= 11 is 1.82. The lowest BCUT2D eigenvalue weighted by molar-refractivity contribution is -0.121. The first-order valence-corrected chi connectivity index (χ1v) is 9.96. The van der Waals surface area contributed by atoms with Crippen LogP contribution in [0, 0.1) is 0 Å². The van der Waals surface area contributed by atoms with Crippen molar-refractivity contribution in [2.24, 2.45) is 7.05 Å². The van der Waals surface area contributed by atoms with E-state index in [9.17, 15) is 4.79 Å². The third-order valence-electron chi connectivity index (χ3n) is 5.29. The van der Waals surface area contributed by atoms with Gasteiger partial charge in [-0.3, -0.25) is 4.79 Å². The first kappa shape index (κ1) is 16.0. The van der Waals surface area contributed by atoms with Gasteiger partial charge in [0.25, 0.3) is 0 Å². The zero-order valence-electron chi connectivity index (χ0n) is 13.9. The fraction of sp³-hybridized carbons (Fsp3) is 0.722. The quantitative estimate of drug-likeness (QED) is 0.860. The molecule has 1 aromatic heterocycles. The standard InChI is InChI=1S/C18H28N2OS/c1-20-15-11-7-6-10-14(15)18(22-2)16(20)12-17(21)19-13-8-4-3-5-9-13/h13H,3-12H2,1-2H3,(H,19,21). The van der Waals surface area contributed by atoms with Crippen LogP contribution < -0.4 is 5.32 Å². The molecule has 0 bridgehead atoms. The highest BCUT2D eigenvalue weighted by atomic mass is 32.2. The van der Waals surface area contributed by atoms with E-state index in [1.165, 1.54) is 66.8 Å². The second-order valence-corrected chi connectivity index (χ2v) is 7.57. The monoisotopic (exact) mass is 320 g/mol. The first-order chi connectivity index (χ1) is 10.7. The van der Waals surface area contributed by atoms with Crippen molar-refractivity contribution in [3.05, 3.63) is 17.0 Å². The van der Waals surface area contributed by atoms with Crippen molar-refractivity contribution in [3.63, 3.8) is 0 Å². The van der Waals surface area contributed by atoms with E-state index in [1.807, 2.05) is 11.8 Å². The Morgan fingerprint density at radius 1 is 1.18 bits per heavy atom. The maximum Gasteiger partial charge on any atom is 0.226 e. The predicted molar refractivity (Wildman–Crippen MR) is 92.6 cm³/mol. The van der Waals surface area contributed by atoms with E-state index in [0.29, 0.717) is 12.5 Å². The van der Waals surface area contributed by atoms with Gasteiger partial charge in [0.1, 0.15) is 0 Å². The molecule has 1 amide bonds. The summed E-state index contributed by atoms with van der Waals surface area (Å²) in [6, 6.07) is 0.411. The predicted octanol–water partition coefficient (Wildman–Crippen LogP) is 3.62. The van der Waals surface area contributed by atoms with Crippen molar-refractivity contribution in [2.45, 2.75) is 75.1 Å². The Morgan fingerprint density at radius 3 is 2.64 bits per heavy atom. The first-order valence-electron chi connectivity index (χ1n) is 8.73. The van der Waals surface area contributed by atoms with E-state index in [-0.39, 0.29) is 5.91 Å². The van der Waals surface area contributed by atoms with E-state index in [2.05, 4.69) is 23.2 Å². The van der Waals surface area contributed by atoms with Gasteiger partial charge < -0.3 is 9.88 Å². The molecule has 1 saturated carbocycles. The number of carbonyl (C=O) groups is 1. The zero-order chi connectivity index (χ0) is 15.5. The van der Waals surface area contributed by atoms with Gasteiger partial charge in [0.15, 0.2) is 0 Å². The van der Waals surface area contributed by atoms with Crippen molar-refractivity contribution in [1.82, 2.24) is 9.88 Å². The van der Waals surface area contributed by atoms with Crippen LogP contribution in [0.1, 0.15) is 61.9 Å². The topological polar surface area (TPSA) is 34.0 Å². The SMILES string of the molecule is CSc1c2c(n(C)c1CC(=O)NC1CCCCC1)CCCC2. The van der Waals surface area contributed by atoms with Gasteiger partial charge in [0, 0.05) is 29.4 Å². The molecule has 0 spiro atoms. The number of carbonyl (C=O) groups excluding carboxylic acids is 1. The molecule has 0 radical (unpaired) electrons. The van der Waals surface area contributed by atoms with Crippen LogP contribution in [0.5, 0.6) is 0 Å². The van der Waals surface area contributed by atoms with Crippen molar-refractivity contribution < 1.29 is 4.79 Å². The second kappa shape index (κ2) is 7.12. The Kier molecular flexibility index (Phi) is 5.17. The molecule has 0 saturated heterocycles. The third kappa shape index (κ3) is 3.22. The van der Waals surface area contributed by atoms with Crippen LogP contribution >= 0.6 is 11.8 Å². The van der Waals surface area contributed by atoms with Gasteiger partial charge >= 0.3 is 0 Å². The van der Waals surface area contributed by atoms with Gasteiger partial charge in [-0.05, 0) is 50.3 Å².